The van der Waals surface area contributed by atoms with Gasteiger partial charge in [0.15, 0.2) is 0 Å². The molecule has 0 saturated carbocycles. The number of primary amides is 1. The molecule has 104 valence electrons. The van der Waals surface area contributed by atoms with Gasteiger partial charge in [-0.15, -0.1) is 0 Å². The van der Waals surface area contributed by atoms with Crippen LogP contribution in [-0.4, -0.2) is 16.1 Å². The third-order valence-electron chi connectivity index (χ3n) is 3.42. The number of hydrogen-bond donors (Lipinski definition) is 3. The molecule has 0 aliphatic rings. The monoisotopic (exact) mass is 279 g/mol. The molecule has 0 aliphatic carbocycles. The first-order chi connectivity index (χ1) is 10.1. The Morgan fingerprint density at radius 1 is 0.905 bits per heavy atom. The number of carbonyl (C=O) groups excluding carboxylic acids is 1. The first-order valence-electron chi connectivity index (χ1n) is 6.41. The molecule has 0 aliphatic heterocycles. The number of amides is 1. The third kappa shape index (κ3) is 2.27. The van der Waals surface area contributed by atoms with Gasteiger partial charge in [0.2, 0.25) is 0 Å². The van der Waals surface area contributed by atoms with Crippen molar-refractivity contribution in [2.24, 2.45) is 5.73 Å². The number of phenols is 2. The van der Waals surface area contributed by atoms with Crippen LogP contribution in [0, 0.1) is 0 Å². The molecule has 0 radical (unpaired) electrons. The number of fused-ring (bicyclic) bond motifs is 1. The van der Waals surface area contributed by atoms with Crippen LogP contribution in [0.2, 0.25) is 0 Å². The maximum atomic E-state index is 11.5. The topological polar surface area (TPSA) is 83.6 Å². The van der Waals surface area contributed by atoms with E-state index in [1.807, 2.05) is 18.2 Å². The van der Waals surface area contributed by atoms with Crippen molar-refractivity contribution < 1.29 is 15.0 Å². The predicted octanol–water partition coefficient (Wildman–Crippen LogP) is 3.02. The predicted molar refractivity (Wildman–Crippen MR) is 81.2 cm³/mol. The van der Waals surface area contributed by atoms with Crippen LogP contribution in [-0.2, 0) is 0 Å². The van der Waals surface area contributed by atoms with Gasteiger partial charge >= 0.3 is 0 Å². The van der Waals surface area contributed by atoms with Gasteiger partial charge in [-0.25, -0.2) is 0 Å². The highest BCUT2D eigenvalue weighted by molar-refractivity contribution is 6.09. The Bertz CT molecular complexity index is 856. The lowest BCUT2D eigenvalue weighted by Crippen LogP contribution is -2.11. The summed E-state index contributed by atoms with van der Waals surface area (Å²) < 4.78 is 0. The molecular formula is C17H13NO3. The van der Waals surface area contributed by atoms with Gasteiger partial charge in [0, 0.05) is 0 Å². The van der Waals surface area contributed by atoms with Crippen molar-refractivity contribution in [2.45, 2.75) is 0 Å². The highest BCUT2D eigenvalue weighted by atomic mass is 16.3. The molecule has 0 heterocycles. The van der Waals surface area contributed by atoms with Crippen LogP contribution in [0.5, 0.6) is 11.5 Å². The molecule has 3 rings (SSSR count). The van der Waals surface area contributed by atoms with Crippen molar-refractivity contribution in [1.29, 1.82) is 0 Å². The fourth-order valence-corrected chi connectivity index (χ4v) is 2.44. The molecule has 0 atom stereocenters. The summed E-state index contributed by atoms with van der Waals surface area (Å²) in [4.78, 5) is 11.5. The van der Waals surface area contributed by atoms with Gasteiger partial charge in [0.05, 0.1) is 5.56 Å². The number of rotatable bonds is 2. The molecule has 0 saturated heterocycles. The van der Waals surface area contributed by atoms with Crippen molar-refractivity contribution in [2.75, 3.05) is 0 Å². The number of nitrogens with two attached hydrogens (primary N) is 1. The average Bonchev–Trinajstić information content (AvgIpc) is 2.46. The second kappa shape index (κ2) is 4.83. The molecule has 0 unspecified atom stereocenters. The molecule has 4 heteroatoms. The maximum Gasteiger partial charge on any atom is 0.253 e. The van der Waals surface area contributed by atoms with Gasteiger partial charge < -0.3 is 15.9 Å². The summed E-state index contributed by atoms with van der Waals surface area (Å²) in [5, 5.41) is 20.7. The smallest absolute Gasteiger partial charge is 0.253 e. The summed E-state index contributed by atoms with van der Waals surface area (Å²) >= 11 is 0. The molecule has 21 heavy (non-hydrogen) atoms. The molecule has 4 nitrogen and oxygen atoms in total. The van der Waals surface area contributed by atoms with Crippen molar-refractivity contribution >= 4 is 16.7 Å². The molecule has 0 bridgehead atoms. The van der Waals surface area contributed by atoms with Crippen LogP contribution in [0.4, 0.5) is 0 Å². The Labute approximate surface area is 121 Å². The van der Waals surface area contributed by atoms with Crippen molar-refractivity contribution in [1.82, 2.24) is 0 Å². The normalized spacial score (nSPS) is 10.7. The second-order valence-corrected chi connectivity index (χ2v) is 4.81. The van der Waals surface area contributed by atoms with E-state index in [1.165, 1.54) is 6.07 Å². The number of aromatic hydroxyl groups is 2. The minimum Gasteiger partial charge on any atom is -0.508 e. The molecule has 0 fully saturated rings. The van der Waals surface area contributed by atoms with E-state index in [4.69, 9.17) is 5.73 Å². The van der Waals surface area contributed by atoms with Crippen LogP contribution in [0.3, 0.4) is 0 Å². The minimum atomic E-state index is -0.664. The summed E-state index contributed by atoms with van der Waals surface area (Å²) in [5.41, 5.74) is 7.21. The van der Waals surface area contributed by atoms with Crippen LogP contribution in [0.1, 0.15) is 10.4 Å². The van der Waals surface area contributed by atoms with Crippen LogP contribution in [0.15, 0.2) is 54.6 Å². The standard InChI is InChI=1S/C17H13NO3/c18-17(21)16-14-6-4-11(8-12(14)5-7-15(16)20)10-2-1-3-13(19)9-10/h1-9,19-20H,(H2,18,21). The van der Waals surface area contributed by atoms with Crippen molar-refractivity contribution in [3.8, 4) is 22.6 Å². The SMILES string of the molecule is NC(=O)c1c(O)ccc2cc(-c3cccc(O)c3)ccc12. The minimum absolute atomic E-state index is 0.120. The molecule has 4 N–H and O–H groups in total. The zero-order valence-corrected chi connectivity index (χ0v) is 11.1. The van der Waals surface area contributed by atoms with Crippen LogP contribution >= 0.6 is 0 Å². The van der Waals surface area contributed by atoms with E-state index in [1.54, 1.807) is 30.3 Å². The summed E-state index contributed by atoms with van der Waals surface area (Å²) in [6, 6.07) is 15.5. The molecule has 1 amide bonds. The van der Waals surface area contributed by atoms with E-state index in [0.29, 0.717) is 5.39 Å². The molecule has 3 aromatic carbocycles. The van der Waals surface area contributed by atoms with Gasteiger partial charge in [0.25, 0.3) is 5.91 Å². The second-order valence-electron chi connectivity index (χ2n) is 4.81. The highest BCUT2D eigenvalue weighted by Crippen LogP contribution is 2.31. The molecule has 0 spiro atoms. The Kier molecular flexibility index (Phi) is 2.99. The van der Waals surface area contributed by atoms with E-state index in [0.717, 1.165) is 16.5 Å². The zero-order valence-electron chi connectivity index (χ0n) is 11.1. The van der Waals surface area contributed by atoms with Crippen molar-refractivity contribution in [3.05, 3.63) is 60.2 Å². The van der Waals surface area contributed by atoms with Gasteiger partial charge in [-0.1, -0.05) is 30.3 Å². The van der Waals surface area contributed by atoms with E-state index in [2.05, 4.69) is 0 Å². The van der Waals surface area contributed by atoms with E-state index >= 15 is 0 Å². The largest absolute Gasteiger partial charge is 0.508 e. The first-order valence-corrected chi connectivity index (χ1v) is 6.41. The summed E-state index contributed by atoms with van der Waals surface area (Å²) in [5.74, 6) is -0.598. The quantitative estimate of drug-likeness (QED) is 0.674. The number of phenolic OH excluding ortho intramolecular Hbond substituents is 1. The summed E-state index contributed by atoms with van der Waals surface area (Å²) in [6.07, 6.45) is 0. The van der Waals surface area contributed by atoms with E-state index in [9.17, 15) is 15.0 Å². The lowest BCUT2D eigenvalue weighted by Gasteiger charge is -2.08. The van der Waals surface area contributed by atoms with E-state index in [-0.39, 0.29) is 17.1 Å². The Morgan fingerprint density at radius 3 is 2.38 bits per heavy atom. The zero-order chi connectivity index (χ0) is 15.0. The van der Waals surface area contributed by atoms with Gasteiger partial charge in [-0.2, -0.15) is 0 Å². The van der Waals surface area contributed by atoms with Crippen LogP contribution < -0.4 is 5.73 Å². The van der Waals surface area contributed by atoms with Gasteiger partial charge in [-0.3, -0.25) is 4.79 Å². The lowest BCUT2D eigenvalue weighted by atomic mass is 9.97. The molecule has 3 aromatic rings. The van der Waals surface area contributed by atoms with E-state index < -0.39 is 5.91 Å². The van der Waals surface area contributed by atoms with Crippen molar-refractivity contribution in [3.63, 3.8) is 0 Å². The number of hydrogen-bond acceptors (Lipinski definition) is 3. The maximum absolute atomic E-state index is 11.5. The van der Waals surface area contributed by atoms with Gasteiger partial charge in [0.1, 0.15) is 11.5 Å². The highest BCUT2D eigenvalue weighted by Gasteiger charge is 2.12. The Balaban J connectivity index is 2.22. The molecular weight excluding hydrogens is 266 g/mol. The average molecular weight is 279 g/mol. The lowest BCUT2D eigenvalue weighted by molar-refractivity contribution is 0.0999. The number of carbonyl (C=O) groups is 1. The summed E-state index contributed by atoms with van der Waals surface area (Å²) in [6.45, 7) is 0. The Hall–Kier alpha value is -3.01. The fourth-order valence-electron chi connectivity index (χ4n) is 2.44. The third-order valence-corrected chi connectivity index (χ3v) is 3.42. The number of benzene rings is 3. The van der Waals surface area contributed by atoms with Gasteiger partial charge in [-0.05, 0) is 46.2 Å². The molecule has 0 aromatic heterocycles. The Morgan fingerprint density at radius 2 is 1.67 bits per heavy atom. The fraction of sp³-hybridized carbons (Fsp3) is 0. The first kappa shape index (κ1) is 13.0. The van der Waals surface area contributed by atoms with Crippen LogP contribution in [0.25, 0.3) is 21.9 Å². The summed E-state index contributed by atoms with van der Waals surface area (Å²) in [7, 11) is 0.